The van der Waals surface area contributed by atoms with Gasteiger partial charge >= 0.3 is 0 Å². The molecule has 0 N–H and O–H groups in total. The SMILES string of the molecule is COc1ccc2c3c(ccc2c1)C1=C(CCCC1=O)CC3. The van der Waals surface area contributed by atoms with Crippen molar-refractivity contribution in [3.63, 3.8) is 0 Å². The smallest absolute Gasteiger partial charge is 0.163 e. The molecule has 4 rings (SSSR count). The number of benzene rings is 2. The van der Waals surface area contributed by atoms with Crippen molar-refractivity contribution in [3.8, 4) is 5.75 Å². The lowest BCUT2D eigenvalue weighted by Crippen LogP contribution is -2.16. The minimum absolute atomic E-state index is 0.338. The fourth-order valence-corrected chi connectivity index (χ4v) is 3.78. The molecule has 0 bridgehead atoms. The Morgan fingerprint density at radius 2 is 1.90 bits per heavy atom. The molecule has 0 unspecified atom stereocenters. The molecule has 2 nitrogen and oxygen atoms in total. The predicted molar refractivity (Wildman–Crippen MR) is 84.6 cm³/mol. The molecule has 0 amide bonds. The number of methoxy groups -OCH3 is 1. The normalized spacial score (nSPS) is 17.7. The molecule has 0 spiro atoms. The molecular formula is C19H18O2. The summed E-state index contributed by atoms with van der Waals surface area (Å²) in [5, 5.41) is 2.46. The molecule has 0 saturated heterocycles. The Morgan fingerprint density at radius 1 is 1.00 bits per heavy atom. The van der Waals surface area contributed by atoms with Gasteiger partial charge in [-0.25, -0.2) is 0 Å². The standard InChI is InChI=1S/C19H18O2/c1-21-14-7-10-15-13(11-14)6-9-17-16(15)8-5-12-3-2-4-18(20)19(12)17/h6-7,9-11H,2-5,8H2,1H3. The summed E-state index contributed by atoms with van der Waals surface area (Å²) < 4.78 is 5.31. The van der Waals surface area contributed by atoms with Crippen LogP contribution in [0.2, 0.25) is 0 Å². The zero-order valence-electron chi connectivity index (χ0n) is 12.2. The Bertz CT molecular complexity index is 783. The van der Waals surface area contributed by atoms with E-state index in [4.69, 9.17) is 4.74 Å². The van der Waals surface area contributed by atoms with Gasteiger partial charge in [0.1, 0.15) is 5.75 Å². The molecule has 0 aliphatic heterocycles. The summed E-state index contributed by atoms with van der Waals surface area (Å²) in [6.07, 6.45) is 4.92. The third-order valence-electron chi connectivity index (χ3n) is 4.80. The van der Waals surface area contributed by atoms with Gasteiger partial charge in [0.25, 0.3) is 0 Å². The third-order valence-corrected chi connectivity index (χ3v) is 4.80. The average molecular weight is 278 g/mol. The lowest BCUT2D eigenvalue weighted by Gasteiger charge is -2.27. The van der Waals surface area contributed by atoms with Crippen LogP contribution in [0, 0.1) is 0 Å². The van der Waals surface area contributed by atoms with Gasteiger partial charge in [-0.15, -0.1) is 0 Å². The third kappa shape index (κ3) is 1.90. The van der Waals surface area contributed by atoms with Crippen molar-refractivity contribution in [1.29, 1.82) is 0 Å². The molecule has 0 saturated carbocycles. The molecule has 0 heterocycles. The average Bonchev–Trinajstić information content (AvgIpc) is 2.53. The largest absolute Gasteiger partial charge is 0.497 e. The van der Waals surface area contributed by atoms with Gasteiger partial charge < -0.3 is 4.74 Å². The van der Waals surface area contributed by atoms with E-state index < -0.39 is 0 Å². The second-order valence-electron chi connectivity index (χ2n) is 5.93. The molecule has 106 valence electrons. The van der Waals surface area contributed by atoms with E-state index in [9.17, 15) is 4.79 Å². The van der Waals surface area contributed by atoms with Crippen LogP contribution >= 0.6 is 0 Å². The first-order valence-electron chi connectivity index (χ1n) is 7.63. The molecule has 0 aromatic heterocycles. The minimum Gasteiger partial charge on any atom is -0.497 e. The second-order valence-corrected chi connectivity index (χ2v) is 5.93. The van der Waals surface area contributed by atoms with Crippen LogP contribution in [0.4, 0.5) is 0 Å². The van der Waals surface area contributed by atoms with Crippen molar-refractivity contribution in [2.24, 2.45) is 0 Å². The number of hydrogen-bond acceptors (Lipinski definition) is 2. The van der Waals surface area contributed by atoms with Crippen LogP contribution in [0.15, 0.2) is 35.9 Å². The van der Waals surface area contributed by atoms with Crippen molar-refractivity contribution in [2.75, 3.05) is 7.11 Å². The van der Waals surface area contributed by atoms with E-state index >= 15 is 0 Å². The second kappa shape index (κ2) is 4.73. The number of Topliss-reactive ketones (excluding diaryl/α,β-unsaturated/α-hetero) is 1. The molecule has 2 aromatic carbocycles. The molecular weight excluding hydrogens is 260 g/mol. The number of hydrogen-bond donors (Lipinski definition) is 0. The number of carbonyl (C=O) groups is 1. The van der Waals surface area contributed by atoms with Gasteiger partial charge in [0.05, 0.1) is 7.11 Å². The summed E-state index contributed by atoms with van der Waals surface area (Å²) in [5.74, 6) is 1.22. The van der Waals surface area contributed by atoms with Crippen LogP contribution in [0.3, 0.4) is 0 Å². The molecule has 0 fully saturated rings. The number of ketones is 1. The number of fused-ring (bicyclic) bond motifs is 4. The molecule has 0 atom stereocenters. The zero-order chi connectivity index (χ0) is 14.4. The Balaban J connectivity index is 1.96. The summed E-state index contributed by atoms with van der Waals surface area (Å²) >= 11 is 0. The van der Waals surface area contributed by atoms with Gasteiger partial charge in [0.15, 0.2) is 5.78 Å². The van der Waals surface area contributed by atoms with Crippen molar-refractivity contribution >= 4 is 22.1 Å². The predicted octanol–water partition coefficient (Wildman–Crippen LogP) is 4.30. The fourth-order valence-electron chi connectivity index (χ4n) is 3.78. The van der Waals surface area contributed by atoms with Crippen molar-refractivity contribution in [3.05, 3.63) is 47.0 Å². The Hall–Kier alpha value is -2.09. The number of rotatable bonds is 1. The van der Waals surface area contributed by atoms with Gasteiger partial charge in [-0.05, 0) is 59.7 Å². The highest BCUT2D eigenvalue weighted by Crippen LogP contribution is 2.41. The first-order chi connectivity index (χ1) is 10.3. The van der Waals surface area contributed by atoms with E-state index in [0.29, 0.717) is 12.2 Å². The Kier molecular flexibility index (Phi) is 2.85. The van der Waals surface area contributed by atoms with Crippen LogP contribution in [0.5, 0.6) is 5.75 Å². The summed E-state index contributed by atoms with van der Waals surface area (Å²) in [5.41, 5.74) is 4.93. The lowest BCUT2D eigenvalue weighted by molar-refractivity contribution is -0.114. The van der Waals surface area contributed by atoms with Gasteiger partial charge in [0, 0.05) is 12.0 Å². The fraction of sp³-hybridized carbons (Fsp3) is 0.316. The number of carbonyl (C=O) groups excluding carboxylic acids is 1. The van der Waals surface area contributed by atoms with Gasteiger partial charge in [0.2, 0.25) is 0 Å². The van der Waals surface area contributed by atoms with Crippen LogP contribution in [0.25, 0.3) is 16.3 Å². The van der Waals surface area contributed by atoms with Crippen LogP contribution in [-0.4, -0.2) is 12.9 Å². The maximum absolute atomic E-state index is 12.3. The van der Waals surface area contributed by atoms with Crippen molar-refractivity contribution < 1.29 is 9.53 Å². The number of ether oxygens (including phenoxy) is 1. The van der Waals surface area contributed by atoms with Crippen LogP contribution in [0.1, 0.15) is 36.8 Å². The minimum atomic E-state index is 0.338. The first kappa shape index (κ1) is 12.6. The summed E-state index contributed by atoms with van der Waals surface area (Å²) in [7, 11) is 1.69. The molecule has 2 aromatic rings. The first-order valence-corrected chi connectivity index (χ1v) is 7.63. The van der Waals surface area contributed by atoms with Gasteiger partial charge in [-0.1, -0.05) is 23.8 Å². The summed E-state index contributed by atoms with van der Waals surface area (Å²) in [4.78, 5) is 12.3. The van der Waals surface area contributed by atoms with E-state index in [1.165, 1.54) is 27.5 Å². The topological polar surface area (TPSA) is 26.3 Å². The zero-order valence-corrected chi connectivity index (χ0v) is 12.2. The van der Waals surface area contributed by atoms with Crippen LogP contribution in [-0.2, 0) is 11.2 Å². The summed E-state index contributed by atoms with van der Waals surface area (Å²) in [6, 6.07) is 10.5. The Labute approximate surface area is 124 Å². The van der Waals surface area contributed by atoms with E-state index in [1.807, 2.05) is 6.07 Å². The molecule has 2 aliphatic rings. The molecule has 21 heavy (non-hydrogen) atoms. The molecule has 2 aliphatic carbocycles. The Morgan fingerprint density at radius 3 is 2.76 bits per heavy atom. The van der Waals surface area contributed by atoms with E-state index in [0.717, 1.165) is 37.0 Å². The van der Waals surface area contributed by atoms with Gasteiger partial charge in [-0.3, -0.25) is 4.79 Å². The van der Waals surface area contributed by atoms with Crippen LogP contribution < -0.4 is 4.74 Å². The monoisotopic (exact) mass is 278 g/mol. The van der Waals surface area contributed by atoms with Crippen molar-refractivity contribution in [2.45, 2.75) is 32.1 Å². The van der Waals surface area contributed by atoms with E-state index in [2.05, 4.69) is 24.3 Å². The van der Waals surface area contributed by atoms with E-state index in [1.54, 1.807) is 7.11 Å². The number of aryl methyl sites for hydroxylation is 1. The highest BCUT2D eigenvalue weighted by Gasteiger charge is 2.27. The molecule has 2 heteroatoms. The maximum Gasteiger partial charge on any atom is 0.163 e. The van der Waals surface area contributed by atoms with Crippen molar-refractivity contribution in [1.82, 2.24) is 0 Å². The highest BCUT2D eigenvalue weighted by atomic mass is 16.5. The maximum atomic E-state index is 12.3. The van der Waals surface area contributed by atoms with E-state index in [-0.39, 0.29) is 0 Å². The quantitative estimate of drug-likeness (QED) is 0.777. The highest BCUT2D eigenvalue weighted by molar-refractivity contribution is 6.23. The number of allylic oxidation sites excluding steroid dienone is 2. The summed E-state index contributed by atoms with van der Waals surface area (Å²) in [6.45, 7) is 0. The molecule has 0 radical (unpaired) electrons. The van der Waals surface area contributed by atoms with Gasteiger partial charge in [-0.2, -0.15) is 0 Å². The lowest BCUT2D eigenvalue weighted by atomic mass is 9.76.